The van der Waals surface area contributed by atoms with Gasteiger partial charge in [-0.05, 0) is 72.3 Å². The quantitative estimate of drug-likeness (QED) is 0.802. The molecule has 2 nitrogen and oxygen atoms in total. The van der Waals surface area contributed by atoms with Gasteiger partial charge in [0.25, 0.3) is 0 Å². The number of carbonyl (C=O) groups excluding carboxylic acids is 1. The van der Waals surface area contributed by atoms with Gasteiger partial charge in [-0.25, -0.2) is 0 Å². The zero-order valence-electron chi connectivity index (χ0n) is 14.3. The van der Waals surface area contributed by atoms with E-state index in [4.69, 9.17) is 4.74 Å². The predicted molar refractivity (Wildman–Crippen MR) is 91.7 cm³/mol. The first-order valence-corrected chi connectivity index (χ1v) is 8.98. The zero-order valence-corrected chi connectivity index (χ0v) is 14.3. The van der Waals surface area contributed by atoms with Crippen LogP contribution in [0.25, 0.3) is 0 Å². The number of ether oxygens (including phenoxy) is 1. The topological polar surface area (TPSA) is 26.3 Å². The Bertz CT molecular complexity index is 674. The Balaban J connectivity index is 1.78. The number of hydrogen-bond donors (Lipinski definition) is 0. The molecule has 0 heterocycles. The highest BCUT2D eigenvalue weighted by Crippen LogP contribution is 2.59. The molecule has 0 aromatic heterocycles. The molecule has 2 heteroatoms. The third-order valence-corrected chi connectivity index (χ3v) is 6.91. The molecule has 0 aliphatic heterocycles. The van der Waals surface area contributed by atoms with E-state index in [1.165, 1.54) is 17.5 Å². The minimum Gasteiger partial charge on any atom is -0.497 e. The van der Waals surface area contributed by atoms with Crippen LogP contribution in [-0.4, -0.2) is 12.9 Å². The van der Waals surface area contributed by atoms with Gasteiger partial charge in [0.05, 0.1) is 7.11 Å². The molecular formula is C21H26O2. The molecule has 4 rings (SSSR count). The largest absolute Gasteiger partial charge is 0.497 e. The lowest BCUT2D eigenvalue weighted by Crippen LogP contribution is -2.46. The summed E-state index contributed by atoms with van der Waals surface area (Å²) in [6, 6.07) is 6.62. The standard InChI is InChI=1S/C21H26O2/c1-4-13-11-14-12-15(23-3)5-6-16(14)17-9-10-21(2)18(20(13)17)7-8-19(21)22/h5-8,12-13,17-18,20H,4,9-11H2,1-3H3/t13-,17-,18-,20-,21+/m1/s1. The van der Waals surface area contributed by atoms with Crippen molar-refractivity contribution in [2.45, 2.75) is 45.4 Å². The van der Waals surface area contributed by atoms with Gasteiger partial charge < -0.3 is 4.74 Å². The maximum atomic E-state index is 12.4. The number of hydrogen-bond acceptors (Lipinski definition) is 2. The molecule has 0 N–H and O–H groups in total. The van der Waals surface area contributed by atoms with Crippen LogP contribution < -0.4 is 4.74 Å². The second kappa shape index (κ2) is 5.22. The van der Waals surface area contributed by atoms with Crippen LogP contribution >= 0.6 is 0 Å². The molecule has 23 heavy (non-hydrogen) atoms. The van der Waals surface area contributed by atoms with Crippen molar-refractivity contribution in [1.29, 1.82) is 0 Å². The molecule has 3 aliphatic rings. The van der Waals surface area contributed by atoms with E-state index in [1.807, 2.05) is 6.08 Å². The lowest BCUT2D eigenvalue weighted by Gasteiger charge is -2.51. The Morgan fingerprint density at radius 3 is 2.91 bits per heavy atom. The summed E-state index contributed by atoms with van der Waals surface area (Å²) in [7, 11) is 1.74. The second-order valence-corrected chi connectivity index (χ2v) is 7.83. The van der Waals surface area contributed by atoms with Crippen molar-refractivity contribution >= 4 is 5.78 Å². The van der Waals surface area contributed by atoms with E-state index in [9.17, 15) is 4.79 Å². The van der Waals surface area contributed by atoms with Crippen LogP contribution in [0.2, 0.25) is 0 Å². The lowest BCUT2D eigenvalue weighted by atomic mass is 9.52. The Labute approximate surface area is 138 Å². The van der Waals surface area contributed by atoms with Gasteiger partial charge in [0.2, 0.25) is 0 Å². The summed E-state index contributed by atoms with van der Waals surface area (Å²) in [4.78, 5) is 12.4. The van der Waals surface area contributed by atoms with Crippen LogP contribution in [0.1, 0.15) is 50.2 Å². The van der Waals surface area contributed by atoms with E-state index in [-0.39, 0.29) is 5.41 Å². The molecule has 0 saturated heterocycles. The van der Waals surface area contributed by atoms with Crippen molar-refractivity contribution in [2.75, 3.05) is 7.11 Å². The van der Waals surface area contributed by atoms with E-state index < -0.39 is 0 Å². The normalized spacial score (nSPS) is 38.0. The molecule has 0 unspecified atom stereocenters. The monoisotopic (exact) mass is 310 g/mol. The van der Waals surface area contributed by atoms with Crippen LogP contribution in [0.3, 0.4) is 0 Å². The maximum absolute atomic E-state index is 12.4. The Kier molecular flexibility index (Phi) is 3.40. The van der Waals surface area contributed by atoms with E-state index in [0.717, 1.165) is 25.0 Å². The van der Waals surface area contributed by atoms with Crippen molar-refractivity contribution in [3.63, 3.8) is 0 Å². The number of methoxy groups -OCH3 is 1. The molecule has 122 valence electrons. The van der Waals surface area contributed by atoms with Crippen LogP contribution in [-0.2, 0) is 11.2 Å². The van der Waals surface area contributed by atoms with Crippen LogP contribution in [0.15, 0.2) is 30.4 Å². The number of rotatable bonds is 2. The van der Waals surface area contributed by atoms with E-state index >= 15 is 0 Å². The SMILES string of the molecule is CC[C@@H]1Cc2cc(OC)ccc2[C@H]2CC[C@]3(C)C(=O)C=C[C@@H]3[C@H]12. The number of fused-ring (bicyclic) bond motifs is 5. The third kappa shape index (κ3) is 2.03. The molecular weight excluding hydrogens is 284 g/mol. The van der Waals surface area contributed by atoms with E-state index in [2.05, 4.69) is 38.1 Å². The minimum absolute atomic E-state index is 0.140. The molecule has 0 bridgehead atoms. The van der Waals surface area contributed by atoms with Crippen molar-refractivity contribution < 1.29 is 9.53 Å². The maximum Gasteiger partial charge on any atom is 0.161 e. The molecule has 1 saturated carbocycles. The average molecular weight is 310 g/mol. The molecule has 1 aromatic rings. The summed E-state index contributed by atoms with van der Waals surface area (Å²) >= 11 is 0. The fourth-order valence-electron chi connectivity index (χ4n) is 5.57. The first-order valence-electron chi connectivity index (χ1n) is 8.98. The molecule has 0 radical (unpaired) electrons. The van der Waals surface area contributed by atoms with Gasteiger partial charge in [-0.2, -0.15) is 0 Å². The zero-order chi connectivity index (χ0) is 16.2. The Morgan fingerprint density at radius 2 is 2.17 bits per heavy atom. The first kappa shape index (κ1) is 15.0. The Morgan fingerprint density at radius 1 is 1.35 bits per heavy atom. The van der Waals surface area contributed by atoms with E-state index in [0.29, 0.717) is 29.5 Å². The smallest absolute Gasteiger partial charge is 0.161 e. The molecule has 0 amide bonds. The summed E-state index contributed by atoms with van der Waals surface area (Å²) in [6.07, 6.45) is 8.57. The first-order chi connectivity index (χ1) is 11.1. The summed E-state index contributed by atoms with van der Waals surface area (Å²) in [5.74, 6) is 3.63. The summed E-state index contributed by atoms with van der Waals surface area (Å²) in [5, 5.41) is 0. The number of benzene rings is 1. The molecule has 0 spiro atoms. The van der Waals surface area contributed by atoms with Crippen LogP contribution in [0, 0.1) is 23.2 Å². The van der Waals surface area contributed by atoms with Crippen molar-refractivity contribution in [1.82, 2.24) is 0 Å². The highest BCUT2D eigenvalue weighted by molar-refractivity contribution is 5.97. The summed E-state index contributed by atoms with van der Waals surface area (Å²) in [6.45, 7) is 4.51. The number of carbonyl (C=O) groups is 1. The highest BCUT2D eigenvalue weighted by Gasteiger charge is 2.54. The lowest BCUT2D eigenvalue weighted by molar-refractivity contribution is -0.127. The summed E-state index contributed by atoms with van der Waals surface area (Å²) < 4.78 is 5.43. The predicted octanol–water partition coefficient (Wildman–Crippen LogP) is 4.53. The summed E-state index contributed by atoms with van der Waals surface area (Å²) in [5.41, 5.74) is 2.84. The van der Waals surface area contributed by atoms with Gasteiger partial charge in [0, 0.05) is 5.41 Å². The molecule has 5 atom stereocenters. The van der Waals surface area contributed by atoms with E-state index in [1.54, 1.807) is 7.11 Å². The van der Waals surface area contributed by atoms with Gasteiger partial charge in [-0.15, -0.1) is 0 Å². The number of allylic oxidation sites excluding steroid dienone is 2. The van der Waals surface area contributed by atoms with Gasteiger partial charge in [0.15, 0.2) is 5.78 Å². The second-order valence-electron chi connectivity index (χ2n) is 7.83. The molecule has 3 aliphatic carbocycles. The number of ketones is 1. The Hall–Kier alpha value is -1.57. The van der Waals surface area contributed by atoms with Crippen molar-refractivity contribution in [3.05, 3.63) is 41.5 Å². The van der Waals surface area contributed by atoms with Crippen LogP contribution in [0.4, 0.5) is 0 Å². The molecule has 1 fully saturated rings. The van der Waals surface area contributed by atoms with Gasteiger partial charge in [-0.1, -0.05) is 32.4 Å². The van der Waals surface area contributed by atoms with Crippen molar-refractivity contribution in [3.8, 4) is 5.75 Å². The fraction of sp³-hybridized carbons (Fsp3) is 0.571. The minimum atomic E-state index is -0.140. The average Bonchev–Trinajstić information content (AvgIpc) is 2.88. The third-order valence-electron chi connectivity index (χ3n) is 6.91. The van der Waals surface area contributed by atoms with Gasteiger partial charge in [0.1, 0.15) is 5.75 Å². The molecule has 1 aromatic carbocycles. The van der Waals surface area contributed by atoms with Gasteiger partial charge >= 0.3 is 0 Å². The van der Waals surface area contributed by atoms with Crippen molar-refractivity contribution in [2.24, 2.45) is 23.2 Å². The van der Waals surface area contributed by atoms with Gasteiger partial charge in [-0.3, -0.25) is 4.79 Å². The van der Waals surface area contributed by atoms with Crippen LogP contribution in [0.5, 0.6) is 5.75 Å². The fourth-order valence-corrected chi connectivity index (χ4v) is 5.57. The highest BCUT2D eigenvalue weighted by atomic mass is 16.5.